The third-order valence-corrected chi connectivity index (χ3v) is 3.52. The molecule has 0 N–H and O–H groups in total. The van der Waals surface area contributed by atoms with Gasteiger partial charge in [0.25, 0.3) is 0 Å². The van der Waals surface area contributed by atoms with Crippen molar-refractivity contribution in [2.24, 2.45) is 21.8 Å². The lowest BCUT2D eigenvalue weighted by Crippen LogP contribution is -2.05. The maximum atomic E-state index is 5.62. The van der Waals surface area contributed by atoms with Crippen molar-refractivity contribution in [3.63, 3.8) is 0 Å². The van der Waals surface area contributed by atoms with Gasteiger partial charge in [0, 0.05) is 25.4 Å². The lowest BCUT2D eigenvalue weighted by molar-refractivity contribution is 0.708. The van der Waals surface area contributed by atoms with Crippen molar-refractivity contribution >= 4 is 12.4 Å². The maximum absolute atomic E-state index is 5.62. The van der Waals surface area contributed by atoms with Crippen molar-refractivity contribution in [2.45, 2.75) is 40.0 Å². The second kappa shape index (κ2) is 7.74. The highest BCUT2D eigenvalue weighted by Crippen LogP contribution is 2.29. The first kappa shape index (κ1) is 15.4. The Bertz CT molecular complexity index is 456. The van der Waals surface area contributed by atoms with Crippen LogP contribution in [-0.4, -0.2) is 19.5 Å². The fraction of sp³-hybridized carbons (Fsp3) is 0.529. The third-order valence-electron chi connectivity index (χ3n) is 3.52. The summed E-state index contributed by atoms with van der Waals surface area (Å²) >= 11 is 0. The Kier molecular flexibility index (Phi) is 6.29. The van der Waals surface area contributed by atoms with E-state index >= 15 is 0 Å². The average molecular weight is 256 g/mol. The molecule has 1 heterocycles. The number of hydrogen-bond acceptors (Lipinski definition) is 2. The van der Waals surface area contributed by atoms with Crippen LogP contribution >= 0.6 is 0 Å². The molecule has 1 aliphatic rings. The molecule has 0 aromatic heterocycles. The first-order chi connectivity index (χ1) is 9.10. The summed E-state index contributed by atoms with van der Waals surface area (Å²) < 4.78 is 0. The van der Waals surface area contributed by atoms with E-state index in [0.717, 1.165) is 19.3 Å². The van der Waals surface area contributed by atoms with Crippen LogP contribution in [-0.2, 0) is 0 Å². The molecule has 0 bridgehead atoms. The molecule has 2 nitrogen and oxygen atoms in total. The summed E-state index contributed by atoms with van der Waals surface area (Å²) in [6.07, 6.45) is 14.4. The van der Waals surface area contributed by atoms with Gasteiger partial charge < -0.3 is 4.99 Å². The predicted molar refractivity (Wildman–Crippen MR) is 84.7 cm³/mol. The first-order valence-corrected chi connectivity index (χ1v) is 6.90. The summed E-state index contributed by atoms with van der Waals surface area (Å²) in [7, 11) is 1.80. The van der Waals surface area contributed by atoms with Gasteiger partial charge in [-0.2, -0.15) is 0 Å². The number of allylic oxidation sites excluding steroid dienone is 3. The van der Waals surface area contributed by atoms with Crippen molar-refractivity contribution < 1.29 is 0 Å². The van der Waals surface area contributed by atoms with E-state index < -0.39 is 0 Å². The van der Waals surface area contributed by atoms with Gasteiger partial charge in [0.05, 0.1) is 0 Å². The van der Waals surface area contributed by atoms with Crippen LogP contribution in [0.3, 0.4) is 0 Å². The van der Waals surface area contributed by atoms with Gasteiger partial charge in [-0.25, -0.2) is 0 Å². The molecule has 0 aromatic carbocycles. The second-order valence-electron chi connectivity index (χ2n) is 5.23. The molecule has 1 rings (SSSR count). The summed E-state index contributed by atoms with van der Waals surface area (Å²) in [6.45, 7) is 6.50. The molecular weight excluding hydrogens is 232 g/mol. The van der Waals surface area contributed by atoms with Gasteiger partial charge in [-0.05, 0) is 55.0 Å². The number of terminal acetylenes is 1. The van der Waals surface area contributed by atoms with Crippen LogP contribution in [0.4, 0.5) is 0 Å². The lowest BCUT2D eigenvalue weighted by atomic mass is 9.87. The quantitative estimate of drug-likeness (QED) is 0.524. The molecule has 0 aliphatic carbocycles. The molecule has 0 amide bonds. The maximum Gasteiger partial charge on any atom is 0.0390 e. The standard InChI is InChI=1S/C17H24N2/c1-6-14(4)17-10-16(13(2)3)12-19-11-15(17)8-7-9-18-5/h1,9,11-14H,7-8,10H2,2-5H3/b18-9-. The molecule has 0 fully saturated rings. The van der Waals surface area contributed by atoms with Gasteiger partial charge in [0.15, 0.2) is 0 Å². The van der Waals surface area contributed by atoms with Crippen molar-refractivity contribution in [1.82, 2.24) is 0 Å². The van der Waals surface area contributed by atoms with Crippen LogP contribution in [0.15, 0.2) is 32.9 Å². The minimum Gasteiger partial charge on any atom is -0.301 e. The van der Waals surface area contributed by atoms with Gasteiger partial charge in [0.1, 0.15) is 0 Å². The second-order valence-corrected chi connectivity index (χ2v) is 5.23. The Labute approximate surface area is 117 Å². The SMILES string of the molecule is C#CC(C)C1=C(CC/C=N\C)C=NC=C(C(C)C)C1. The molecule has 1 aliphatic heterocycles. The van der Waals surface area contributed by atoms with Gasteiger partial charge >= 0.3 is 0 Å². The third kappa shape index (κ3) is 4.52. The van der Waals surface area contributed by atoms with E-state index in [4.69, 9.17) is 6.42 Å². The van der Waals surface area contributed by atoms with Gasteiger partial charge in [0.2, 0.25) is 0 Å². The number of hydrogen-bond donors (Lipinski definition) is 0. The molecule has 19 heavy (non-hydrogen) atoms. The molecule has 1 atom stereocenters. The zero-order valence-corrected chi connectivity index (χ0v) is 12.5. The van der Waals surface area contributed by atoms with Gasteiger partial charge in [-0.15, -0.1) is 6.42 Å². The van der Waals surface area contributed by atoms with E-state index in [-0.39, 0.29) is 5.92 Å². The van der Waals surface area contributed by atoms with Crippen LogP contribution in [0, 0.1) is 24.2 Å². The largest absolute Gasteiger partial charge is 0.301 e. The van der Waals surface area contributed by atoms with E-state index in [1.807, 2.05) is 18.6 Å². The number of aliphatic imine (C=N–C) groups is 2. The van der Waals surface area contributed by atoms with Crippen molar-refractivity contribution in [1.29, 1.82) is 0 Å². The molecule has 0 radical (unpaired) electrons. The van der Waals surface area contributed by atoms with Crippen molar-refractivity contribution in [3.05, 3.63) is 22.9 Å². The number of rotatable bonds is 5. The monoisotopic (exact) mass is 256 g/mol. The fourth-order valence-electron chi connectivity index (χ4n) is 2.14. The fourth-order valence-corrected chi connectivity index (χ4v) is 2.14. The van der Waals surface area contributed by atoms with E-state index in [1.54, 1.807) is 7.05 Å². The van der Waals surface area contributed by atoms with E-state index in [2.05, 4.69) is 36.7 Å². The Morgan fingerprint density at radius 3 is 2.79 bits per heavy atom. The topological polar surface area (TPSA) is 24.7 Å². The zero-order valence-electron chi connectivity index (χ0n) is 12.5. The van der Waals surface area contributed by atoms with Crippen LogP contribution < -0.4 is 0 Å². The molecule has 0 aromatic rings. The molecular formula is C17H24N2. The summed E-state index contributed by atoms with van der Waals surface area (Å²) in [5.41, 5.74) is 3.97. The Morgan fingerprint density at radius 1 is 1.47 bits per heavy atom. The highest BCUT2D eigenvalue weighted by Gasteiger charge is 2.16. The molecule has 0 saturated heterocycles. The lowest BCUT2D eigenvalue weighted by Gasteiger charge is -2.17. The van der Waals surface area contributed by atoms with E-state index in [1.165, 1.54) is 16.7 Å². The predicted octanol–water partition coefficient (Wildman–Crippen LogP) is 4.05. The minimum atomic E-state index is 0.167. The highest BCUT2D eigenvalue weighted by atomic mass is 14.7. The zero-order chi connectivity index (χ0) is 14.3. The minimum absolute atomic E-state index is 0.167. The summed E-state index contributed by atoms with van der Waals surface area (Å²) in [5.74, 6) is 3.54. The number of nitrogens with zero attached hydrogens (tertiary/aromatic N) is 2. The van der Waals surface area contributed by atoms with E-state index in [9.17, 15) is 0 Å². The van der Waals surface area contributed by atoms with Crippen LogP contribution in [0.25, 0.3) is 0 Å². The Balaban J connectivity index is 3.01. The van der Waals surface area contributed by atoms with Crippen LogP contribution in [0.1, 0.15) is 40.0 Å². The summed E-state index contributed by atoms with van der Waals surface area (Å²) in [4.78, 5) is 8.47. The van der Waals surface area contributed by atoms with Crippen molar-refractivity contribution in [3.8, 4) is 12.3 Å². The Hall–Kier alpha value is -1.62. The summed E-state index contributed by atoms with van der Waals surface area (Å²) in [6, 6.07) is 0. The Morgan fingerprint density at radius 2 is 2.21 bits per heavy atom. The highest BCUT2D eigenvalue weighted by molar-refractivity contribution is 5.82. The van der Waals surface area contributed by atoms with Gasteiger partial charge in [-0.1, -0.05) is 19.8 Å². The molecule has 0 saturated carbocycles. The van der Waals surface area contributed by atoms with Crippen LogP contribution in [0.5, 0.6) is 0 Å². The molecule has 102 valence electrons. The first-order valence-electron chi connectivity index (χ1n) is 6.90. The van der Waals surface area contributed by atoms with Gasteiger partial charge in [-0.3, -0.25) is 4.99 Å². The van der Waals surface area contributed by atoms with Crippen LogP contribution in [0.2, 0.25) is 0 Å². The average Bonchev–Trinajstić information content (AvgIpc) is 2.61. The molecule has 1 unspecified atom stereocenters. The molecule has 0 spiro atoms. The summed E-state index contributed by atoms with van der Waals surface area (Å²) in [5, 5.41) is 0. The normalized spacial score (nSPS) is 17.6. The molecule has 2 heteroatoms. The van der Waals surface area contributed by atoms with Crippen molar-refractivity contribution in [2.75, 3.05) is 7.05 Å². The van der Waals surface area contributed by atoms with E-state index in [0.29, 0.717) is 5.92 Å². The smallest absolute Gasteiger partial charge is 0.0390 e.